The molecule has 0 saturated heterocycles. The molecule has 1 spiro atoms. The number of rotatable bonds is 5. The molecule has 10 aromatic rings. The van der Waals surface area contributed by atoms with Crippen LogP contribution < -0.4 is 0 Å². The van der Waals surface area contributed by atoms with E-state index in [2.05, 4.69) is 218 Å². The number of hydrogen-bond acceptors (Lipinski definition) is 2. The lowest BCUT2D eigenvalue weighted by molar-refractivity contribution is 0.794. The zero-order valence-electron chi connectivity index (χ0n) is 32.2. The highest BCUT2D eigenvalue weighted by Gasteiger charge is 2.51. The molecule has 0 atom stereocenters. The van der Waals surface area contributed by atoms with Gasteiger partial charge in [0, 0.05) is 16.7 Å². The molecule has 0 fully saturated rings. The molecule has 0 radical (unpaired) electrons. The van der Waals surface area contributed by atoms with Gasteiger partial charge in [0.1, 0.15) is 0 Å². The molecule has 0 N–H and O–H groups in total. The Bertz CT molecular complexity index is 3170. The maximum absolute atomic E-state index is 5.46. The molecule has 0 amide bonds. The number of fused-ring (bicyclic) bond motifs is 11. The molecule has 9 aromatic carbocycles. The van der Waals surface area contributed by atoms with Crippen molar-refractivity contribution in [3.63, 3.8) is 0 Å². The summed E-state index contributed by atoms with van der Waals surface area (Å²) >= 11 is 0. The second-order valence-electron chi connectivity index (χ2n) is 15.7. The summed E-state index contributed by atoms with van der Waals surface area (Å²) in [6, 6.07) is 79.2. The minimum atomic E-state index is -0.400. The van der Waals surface area contributed by atoms with E-state index >= 15 is 0 Å². The Labute approximate surface area is 343 Å². The molecule has 1 heterocycles. The van der Waals surface area contributed by atoms with E-state index in [1.54, 1.807) is 0 Å². The van der Waals surface area contributed by atoms with Crippen LogP contribution in [0.5, 0.6) is 0 Å². The highest BCUT2D eigenvalue weighted by molar-refractivity contribution is 5.96. The molecular formula is C57H36N2. The van der Waals surface area contributed by atoms with Gasteiger partial charge in [0.2, 0.25) is 0 Å². The van der Waals surface area contributed by atoms with Crippen molar-refractivity contribution in [2.75, 3.05) is 0 Å². The average molecular weight is 749 g/mol. The molecular weight excluding hydrogens is 713 g/mol. The van der Waals surface area contributed by atoms with E-state index in [0.717, 1.165) is 50.3 Å². The summed E-state index contributed by atoms with van der Waals surface area (Å²) in [6.07, 6.45) is 0. The van der Waals surface area contributed by atoms with Gasteiger partial charge in [-0.15, -0.1) is 0 Å². The number of benzene rings is 9. The van der Waals surface area contributed by atoms with E-state index in [1.165, 1.54) is 55.3 Å². The summed E-state index contributed by atoms with van der Waals surface area (Å²) in [6.45, 7) is 0. The monoisotopic (exact) mass is 748 g/mol. The molecule has 2 heteroatoms. The third-order valence-electron chi connectivity index (χ3n) is 12.5. The Balaban J connectivity index is 1.09. The van der Waals surface area contributed by atoms with Crippen LogP contribution in [0.3, 0.4) is 0 Å². The van der Waals surface area contributed by atoms with Gasteiger partial charge >= 0.3 is 0 Å². The smallest absolute Gasteiger partial charge is 0.160 e. The van der Waals surface area contributed by atoms with Crippen molar-refractivity contribution < 1.29 is 0 Å². The van der Waals surface area contributed by atoms with Gasteiger partial charge in [-0.05, 0) is 114 Å². The van der Waals surface area contributed by atoms with Crippen LogP contribution in [-0.4, -0.2) is 9.97 Å². The van der Waals surface area contributed by atoms with Gasteiger partial charge in [-0.3, -0.25) is 0 Å². The fraction of sp³-hybridized carbons (Fsp3) is 0.0175. The number of hydrogen-bond donors (Lipinski definition) is 0. The van der Waals surface area contributed by atoms with Crippen LogP contribution in [0, 0.1) is 0 Å². The summed E-state index contributed by atoms with van der Waals surface area (Å²) in [5, 5.41) is 2.39. The van der Waals surface area contributed by atoms with Crippen LogP contribution in [0.15, 0.2) is 218 Å². The highest BCUT2D eigenvalue weighted by Crippen LogP contribution is 2.62. The molecule has 0 unspecified atom stereocenters. The van der Waals surface area contributed by atoms with Gasteiger partial charge in [0.05, 0.1) is 16.8 Å². The lowest BCUT2D eigenvalue weighted by atomic mass is 9.70. The summed E-state index contributed by atoms with van der Waals surface area (Å²) < 4.78 is 0. The molecule has 0 saturated carbocycles. The molecule has 1 aromatic heterocycles. The molecule has 274 valence electrons. The summed E-state index contributed by atoms with van der Waals surface area (Å²) in [5.74, 6) is 0.700. The molecule has 2 nitrogen and oxygen atoms in total. The predicted octanol–water partition coefficient (Wildman–Crippen LogP) is 14.3. The van der Waals surface area contributed by atoms with Crippen molar-refractivity contribution in [2.45, 2.75) is 5.41 Å². The standard InChI is InChI=1S/C57H36N2/c1-3-15-37(16-4-1)43-32-44(38-17-5-2-6-18-38)34-45(33-43)55-36-54(41-28-27-39-19-7-8-20-40(39)31-41)58-56(59-55)42-29-30-53-49(35-42)48-23-11-14-26-52(48)57(53)50-24-12-9-21-46(50)47-22-10-13-25-51(47)57/h1-36H. The van der Waals surface area contributed by atoms with Crippen LogP contribution in [0.25, 0.3) is 89.2 Å². The highest BCUT2D eigenvalue weighted by atomic mass is 14.9. The first-order valence-corrected chi connectivity index (χ1v) is 20.3. The first-order valence-electron chi connectivity index (χ1n) is 20.3. The van der Waals surface area contributed by atoms with Crippen molar-refractivity contribution in [1.82, 2.24) is 9.97 Å². The quantitative estimate of drug-likeness (QED) is 0.175. The molecule has 2 aliphatic rings. The minimum Gasteiger partial charge on any atom is -0.228 e. The van der Waals surface area contributed by atoms with Crippen LogP contribution in [0.4, 0.5) is 0 Å². The van der Waals surface area contributed by atoms with E-state index < -0.39 is 5.41 Å². The van der Waals surface area contributed by atoms with Crippen LogP contribution >= 0.6 is 0 Å². The maximum atomic E-state index is 5.46. The van der Waals surface area contributed by atoms with Gasteiger partial charge in [-0.2, -0.15) is 0 Å². The average Bonchev–Trinajstić information content (AvgIpc) is 3.79. The Morgan fingerprint density at radius 2 is 0.712 bits per heavy atom. The normalized spacial score (nSPS) is 12.9. The van der Waals surface area contributed by atoms with Gasteiger partial charge in [0.15, 0.2) is 5.82 Å². The van der Waals surface area contributed by atoms with Crippen molar-refractivity contribution in [2.24, 2.45) is 0 Å². The van der Waals surface area contributed by atoms with E-state index in [0.29, 0.717) is 5.82 Å². The van der Waals surface area contributed by atoms with Gasteiger partial charge < -0.3 is 0 Å². The van der Waals surface area contributed by atoms with Gasteiger partial charge in [-0.25, -0.2) is 9.97 Å². The molecule has 2 aliphatic carbocycles. The Hall–Kier alpha value is -7.68. The minimum absolute atomic E-state index is 0.400. The number of aromatic nitrogens is 2. The Kier molecular flexibility index (Phi) is 7.48. The lowest BCUT2D eigenvalue weighted by Crippen LogP contribution is -2.25. The largest absolute Gasteiger partial charge is 0.228 e. The first kappa shape index (κ1) is 33.5. The van der Waals surface area contributed by atoms with Crippen molar-refractivity contribution in [3.8, 4) is 78.4 Å². The predicted molar refractivity (Wildman–Crippen MR) is 243 cm³/mol. The summed E-state index contributed by atoms with van der Waals surface area (Å²) in [5.41, 5.74) is 19.5. The topological polar surface area (TPSA) is 25.8 Å². The van der Waals surface area contributed by atoms with Crippen LogP contribution in [0.2, 0.25) is 0 Å². The van der Waals surface area contributed by atoms with E-state index in [9.17, 15) is 0 Å². The van der Waals surface area contributed by atoms with Gasteiger partial charge in [0.25, 0.3) is 0 Å². The fourth-order valence-electron chi connectivity index (χ4n) is 9.83. The van der Waals surface area contributed by atoms with Crippen molar-refractivity contribution >= 4 is 10.8 Å². The van der Waals surface area contributed by atoms with E-state index in [4.69, 9.17) is 9.97 Å². The Morgan fingerprint density at radius 3 is 1.32 bits per heavy atom. The zero-order chi connectivity index (χ0) is 38.9. The van der Waals surface area contributed by atoms with E-state index in [1.807, 2.05) is 0 Å². The molecule has 0 bridgehead atoms. The summed E-state index contributed by atoms with van der Waals surface area (Å²) in [7, 11) is 0. The zero-order valence-corrected chi connectivity index (χ0v) is 32.2. The second kappa shape index (κ2) is 13.2. The lowest BCUT2D eigenvalue weighted by Gasteiger charge is -2.30. The summed E-state index contributed by atoms with van der Waals surface area (Å²) in [4.78, 5) is 10.9. The second-order valence-corrected chi connectivity index (χ2v) is 15.7. The van der Waals surface area contributed by atoms with Crippen molar-refractivity contribution in [3.05, 3.63) is 241 Å². The Morgan fingerprint density at radius 1 is 0.254 bits per heavy atom. The molecule has 59 heavy (non-hydrogen) atoms. The molecule has 12 rings (SSSR count). The maximum Gasteiger partial charge on any atom is 0.160 e. The fourth-order valence-corrected chi connectivity index (χ4v) is 9.83. The van der Waals surface area contributed by atoms with Gasteiger partial charge in [-0.1, -0.05) is 182 Å². The third-order valence-corrected chi connectivity index (χ3v) is 12.5. The number of nitrogens with zero attached hydrogens (tertiary/aromatic N) is 2. The van der Waals surface area contributed by atoms with Crippen LogP contribution in [0.1, 0.15) is 22.3 Å². The van der Waals surface area contributed by atoms with Crippen LogP contribution in [-0.2, 0) is 5.41 Å². The van der Waals surface area contributed by atoms with Crippen molar-refractivity contribution in [1.29, 1.82) is 0 Å². The molecule has 0 aliphatic heterocycles. The first-order chi connectivity index (χ1) is 29.2. The third kappa shape index (κ3) is 5.20. The SMILES string of the molecule is c1ccc(-c2cc(-c3ccccc3)cc(-c3cc(-c4ccc5ccccc5c4)nc(-c4ccc5c(c4)-c4ccccc4C54c5ccccc5-c5ccccc54)n3)c2)cc1. The van der Waals surface area contributed by atoms with E-state index in [-0.39, 0.29) is 0 Å².